The van der Waals surface area contributed by atoms with Gasteiger partial charge in [-0.05, 0) is 31.2 Å². The SMILES string of the molecule is Cc1ccc(SCCNc2nc(N)n3nc(-c4ccco4)nc3c2CN)cc1. The van der Waals surface area contributed by atoms with Crippen molar-refractivity contribution in [1.29, 1.82) is 0 Å². The third kappa shape index (κ3) is 3.67. The van der Waals surface area contributed by atoms with Crippen LogP contribution in [0, 0.1) is 6.92 Å². The first kappa shape index (κ1) is 18.3. The third-order valence-electron chi connectivity index (χ3n) is 4.24. The highest BCUT2D eigenvalue weighted by Crippen LogP contribution is 2.24. The molecule has 8 nitrogen and oxygen atoms in total. The molecule has 3 heterocycles. The Morgan fingerprint density at radius 1 is 1.18 bits per heavy atom. The molecule has 5 N–H and O–H groups in total. The molecule has 0 bridgehead atoms. The number of nitrogen functional groups attached to an aromatic ring is 1. The Labute approximate surface area is 166 Å². The van der Waals surface area contributed by atoms with Gasteiger partial charge in [0.25, 0.3) is 0 Å². The van der Waals surface area contributed by atoms with E-state index < -0.39 is 0 Å². The maximum atomic E-state index is 6.09. The molecule has 4 aromatic rings. The summed E-state index contributed by atoms with van der Waals surface area (Å²) in [7, 11) is 0. The Bertz CT molecular complexity index is 1070. The molecule has 0 unspecified atom stereocenters. The van der Waals surface area contributed by atoms with Gasteiger partial charge >= 0.3 is 0 Å². The fourth-order valence-corrected chi connectivity index (χ4v) is 3.59. The molecule has 28 heavy (non-hydrogen) atoms. The molecule has 0 amide bonds. The van der Waals surface area contributed by atoms with Crippen LogP contribution in [0.4, 0.5) is 11.8 Å². The number of aryl methyl sites for hydroxylation is 1. The summed E-state index contributed by atoms with van der Waals surface area (Å²) in [5, 5.41) is 7.71. The highest BCUT2D eigenvalue weighted by molar-refractivity contribution is 7.99. The van der Waals surface area contributed by atoms with Crippen LogP contribution in [0.15, 0.2) is 52.0 Å². The van der Waals surface area contributed by atoms with Crippen LogP contribution >= 0.6 is 11.8 Å². The minimum atomic E-state index is 0.242. The van der Waals surface area contributed by atoms with Crippen LogP contribution in [0.2, 0.25) is 0 Å². The van der Waals surface area contributed by atoms with Gasteiger partial charge in [-0.2, -0.15) is 9.50 Å². The molecule has 0 saturated carbocycles. The van der Waals surface area contributed by atoms with E-state index in [-0.39, 0.29) is 12.5 Å². The second-order valence-corrected chi connectivity index (χ2v) is 7.41. The van der Waals surface area contributed by atoms with Gasteiger partial charge in [0.15, 0.2) is 11.4 Å². The largest absolute Gasteiger partial charge is 0.461 e. The fraction of sp³-hybridized carbons (Fsp3) is 0.211. The number of nitrogens with one attached hydrogen (secondary N) is 1. The Hall–Kier alpha value is -3.04. The van der Waals surface area contributed by atoms with E-state index in [9.17, 15) is 0 Å². The number of aromatic nitrogens is 4. The van der Waals surface area contributed by atoms with E-state index >= 15 is 0 Å². The normalized spacial score (nSPS) is 11.2. The molecule has 0 atom stereocenters. The van der Waals surface area contributed by atoms with E-state index in [0.29, 0.717) is 29.6 Å². The molecule has 9 heteroatoms. The summed E-state index contributed by atoms with van der Waals surface area (Å²) in [6.45, 7) is 3.06. The van der Waals surface area contributed by atoms with Gasteiger partial charge in [-0.25, -0.2) is 4.98 Å². The number of benzene rings is 1. The highest BCUT2D eigenvalue weighted by Gasteiger charge is 2.17. The Balaban J connectivity index is 1.52. The summed E-state index contributed by atoms with van der Waals surface area (Å²) in [4.78, 5) is 10.2. The van der Waals surface area contributed by atoms with E-state index in [1.54, 1.807) is 30.2 Å². The quantitative estimate of drug-likeness (QED) is 0.323. The van der Waals surface area contributed by atoms with Crippen LogP contribution in [-0.2, 0) is 6.54 Å². The van der Waals surface area contributed by atoms with Crippen LogP contribution in [0.25, 0.3) is 17.2 Å². The predicted molar refractivity (Wildman–Crippen MR) is 111 cm³/mol. The number of fused-ring (bicyclic) bond motifs is 1. The second-order valence-electron chi connectivity index (χ2n) is 6.24. The standard InChI is InChI=1S/C19H21N7OS/c1-12-4-6-13(7-5-12)28-10-8-22-16-14(11-20)18-23-17(15-3-2-9-27-15)25-26(18)19(21)24-16/h2-7,9,22H,8,10-11,20H2,1H3,(H2,21,24). The zero-order valence-electron chi connectivity index (χ0n) is 15.4. The zero-order valence-corrected chi connectivity index (χ0v) is 16.2. The summed E-state index contributed by atoms with van der Waals surface area (Å²) in [6, 6.07) is 12.0. The number of thioether (sulfide) groups is 1. The van der Waals surface area contributed by atoms with Crippen molar-refractivity contribution in [3.05, 3.63) is 53.8 Å². The Morgan fingerprint density at radius 2 is 2.00 bits per heavy atom. The summed E-state index contributed by atoms with van der Waals surface area (Å²) in [5.41, 5.74) is 14.7. The van der Waals surface area contributed by atoms with Crippen LogP contribution in [0.1, 0.15) is 11.1 Å². The van der Waals surface area contributed by atoms with E-state index in [0.717, 1.165) is 11.3 Å². The van der Waals surface area contributed by atoms with Crippen molar-refractivity contribution >= 4 is 29.2 Å². The average molecular weight is 395 g/mol. The molecule has 3 aromatic heterocycles. The van der Waals surface area contributed by atoms with Gasteiger partial charge < -0.3 is 21.2 Å². The lowest BCUT2D eigenvalue weighted by Crippen LogP contribution is -2.15. The number of anilines is 2. The van der Waals surface area contributed by atoms with E-state index in [1.807, 2.05) is 0 Å². The molecule has 0 aliphatic carbocycles. The highest BCUT2D eigenvalue weighted by atomic mass is 32.2. The van der Waals surface area contributed by atoms with Crippen molar-refractivity contribution < 1.29 is 4.42 Å². The zero-order chi connectivity index (χ0) is 19.5. The maximum Gasteiger partial charge on any atom is 0.225 e. The van der Waals surface area contributed by atoms with Gasteiger partial charge in [0.2, 0.25) is 11.8 Å². The first-order chi connectivity index (χ1) is 13.7. The lowest BCUT2D eigenvalue weighted by atomic mass is 10.2. The minimum absolute atomic E-state index is 0.242. The first-order valence-electron chi connectivity index (χ1n) is 8.88. The molecule has 0 aliphatic rings. The Morgan fingerprint density at radius 3 is 2.71 bits per heavy atom. The lowest BCUT2D eigenvalue weighted by Gasteiger charge is -2.11. The average Bonchev–Trinajstić information content (AvgIpc) is 3.37. The van der Waals surface area contributed by atoms with Gasteiger partial charge in [0.05, 0.1) is 11.8 Å². The van der Waals surface area contributed by atoms with Crippen LogP contribution in [0.3, 0.4) is 0 Å². The van der Waals surface area contributed by atoms with Crippen molar-refractivity contribution in [2.24, 2.45) is 5.73 Å². The van der Waals surface area contributed by atoms with Gasteiger partial charge in [-0.3, -0.25) is 0 Å². The molecule has 1 aromatic carbocycles. The van der Waals surface area contributed by atoms with Gasteiger partial charge in [-0.15, -0.1) is 16.9 Å². The number of rotatable bonds is 7. The van der Waals surface area contributed by atoms with Crippen LogP contribution in [-0.4, -0.2) is 31.9 Å². The van der Waals surface area contributed by atoms with E-state index in [4.69, 9.17) is 15.9 Å². The topological polar surface area (TPSA) is 120 Å². The number of furan rings is 1. The van der Waals surface area contributed by atoms with Crippen molar-refractivity contribution in [3.63, 3.8) is 0 Å². The van der Waals surface area contributed by atoms with Gasteiger partial charge in [0.1, 0.15) is 5.82 Å². The molecule has 0 fully saturated rings. The maximum absolute atomic E-state index is 6.09. The third-order valence-corrected chi connectivity index (χ3v) is 5.25. The monoisotopic (exact) mass is 395 g/mol. The number of nitrogens with zero attached hydrogens (tertiary/aromatic N) is 4. The lowest BCUT2D eigenvalue weighted by molar-refractivity contribution is 0.577. The summed E-state index contributed by atoms with van der Waals surface area (Å²) in [6.07, 6.45) is 1.57. The predicted octanol–water partition coefficient (Wildman–Crippen LogP) is 2.94. The van der Waals surface area contributed by atoms with Crippen LogP contribution < -0.4 is 16.8 Å². The minimum Gasteiger partial charge on any atom is -0.461 e. The smallest absolute Gasteiger partial charge is 0.225 e. The van der Waals surface area contributed by atoms with Crippen molar-refractivity contribution in [3.8, 4) is 11.6 Å². The molecule has 4 rings (SSSR count). The van der Waals surface area contributed by atoms with Gasteiger partial charge in [-0.1, -0.05) is 17.7 Å². The molecule has 0 aliphatic heterocycles. The first-order valence-corrected chi connectivity index (χ1v) is 9.86. The van der Waals surface area contributed by atoms with Gasteiger partial charge in [0, 0.05) is 23.7 Å². The van der Waals surface area contributed by atoms with Crippen LogP contribution in [0.5, 0.6) is 0 Å². The molecule has 0 saturated heterocycles. The summed E-state index contributed by atoms with van der Waals surface area (Å²) >= 11 is 1.77. The van der Waals surface area contributed by atoms with Crippen molar-refractivity contribution in [2.45, 2.75) is 18.4 Å². The summed E-state index contributed by atoms with van der Waals surface area (Å²) in [5.74, 6) is 2.77. The second kappa shape index (κ2) is 7.91. The molecular formula is C19H21N7OS. The van der Waals surface area contributed by atoms with E-state index in [1.165, 1.54) is 15.0 Å². The molecule has 0 radical (unpaired) electrons. The molecular weight excluding hydrogens is 374 g/mol. The number of hydrogen-bond acceptors (Lipinski definition) is 8. The summed E-state index contributed by atoms with van der Waals surface area (Å²) < 4.78 is 6.86. The Kier molecular flexibility index (Phi) is 5.18. The van der Waals surface area contributed by atoms with E-state index in [2.05, 4.69) is 51.6 Å². The molecule has 0 spiro atoms. The fourth-order valence-electron chi connectivity index (χ4n) is 2.82. The number of hydrogen-bond donors (Lipinski definition) is 3. The van der Waals surface area contributed by atoms with Crippen molar-refractivity contribution in [2.75, 3.05) is 23.3 Å². The molecule has 144 valence electrons. The van der Waals surface area contributed by atoms with Crippen molar-refractivity contribution in [1.82, 2.24) is 19.6 Å². The number of nitrogens with two attached hydrogens (primary N) is 2.